The number of hydrogen-bond acceptors (Lipinski definition) is 3. The lowest BCUT2D eigenvalue weighted by Gasteiger charge is -2.10. The number of carbonyl (C=O) groups is 1. The van der Waals surface area contributed by atoms with Crippen molar-refractivity contribution in [3.05, 3.63) is 35.9 Å². The minimum absolute atomic E-state index is 0.112. The molecule has 1 unspecified atom stereocenters. The summed E-state index contributed by atoms with van der Waals surface area (Å²) in [6.07, 6.45) is 0. The van der Waals surface area contributed by atoms with Crippen molar-refractivity contribution < 1.29 is 4.79 Å². The second-order valence-corrected chi connectivity index (χ2v) is 3.53. The molecule has 15 heavy (non-hydrogen) atoms. The Balaban J connectivity index is 2.25. The van der Waals surface area contributed by atoms with E-state index < -0.39 is 0 Å². The van der Waals surface area contributed by atoms with Crippen molar-refractivity contribution in [2.24, 2.45) is 11.8 Å². The van der Waals surface area contributed by atoms with Crippen molar-refractivity contribution >= 4 is 5.91 Å². The molecular formula is C11H17N3O. The van der Waals surface area contributed by atoms with Crippen LogP contribution in [0.4, 0.5) is 0 Å². The first-order chi connectivity index (χ1) is 7.24. The third-order valence-corrected chi connectivity index (χ3v) is 2.21. The molecule has 0 aromatic heterocycles. The van der Waals surface area contributed by atoms with Crippen molar-refractivity contribution in [3.63, 3.8) is 0 Å². The fraction of sp³-hybridized carbons (Fsp3) is 0.364. The topological polar surface area (TPSA) is 67.2 Å². The molecule has 1 aromatic rings. The minimum atomic E-state index is -0.143. The van der Waals surface area contributed by atoms with E-state index in [4.69, 9.17) is 5.84 Å². The van der Waals surface area contributed by atoms with Crippen molar-refractivity contribution in [3.8, 4) is 0 Å². The highest BCUT2D eigenvalue weighted by Gasteiger charge is 2.09. The van der Waals surface area contributed by atoms with Gasteiger partial charge in [-0.3, -0.25) is 10.2 Å². The molecular weight excluding hydrogens is 190 g/mol. The number of rotatable bonds is 5. The number of amides is 1. The number of carbonyl (C=O) groups excluding carboxylic acids is 1. The van der Waals surface area contributed by atoms with E-state index >= 15 is 0 Å². The Morgan fingerprint density at radius 2 is 2.07 bits per heavy atom. The minimum Gasteiger partial charge on any atom is -0.312 e. The Morgan fingerprint density at radius 3 is 2.67 bits per heavy atom. The van der Waals surface area contributed by atoms with Crippen LogP contribution in [0.5, 0.6) is 0 Å². The van der Waals surface area contributed by atoms with E-state index in [9.17, 15) is 4.79 Å². The van der Waals surface area contributed by atoms with Gasteiger partial charge in [-0.25, -0.2) is 5.84 Å². The quantitative estimate of drug-likeness (QED) is 0.372. The van der Waals surface area contributed by atoms with Crippen molar-refractivity contribution in [1.29, 1.82) is 0 Å². The maximum atomic E-state index is 11.1. The summed E-state index contributed by atoms with van der Waals surface area (Å²) in [6, 6.07) is 10.1. The molecule has 0 spiro atoms. The van der Waals surface area contributed by atoms with Crippen LogP contribution in [0.2, 0.25) is 0 Å². The molecule has 0 saturated carbocycles. The van der Waals surface area contributed by atoms with Crippen molar-refractivity contribution in [2.45, 2.75) is 13.5 Å². The molecule has 1 aromatic carbocycles. The van der Waals surface area contributed by atoms with Gasteiger partial charge in [-0.05, 0) is 5.56 Å². The Bertz CT molecular complexity index is 300. The van der Waals surface area contributed by atoms with Crippen LogP contribution < -0.4 is 16.6 Å². The van der Waals surface area contributed by atoms with Gasteiger partial charge < -0.3 is 5.32 Å². The second kappa shape index (κ2) is 6.16. The van der Waals surface area contributed by atoms with Crippen molar-refractivity contribution in [2.75, 3.05) is 6.54 Å². The fourth-order valence-corrected chi connectivity index (χ4v) is 1.26. The maximum absolute atomic E-state index is 11.1. The molecule has 0 bridgehead atoms. The summed E-state index contributed by atoms with van der Waals surface area (Å²) in [5.41, 5.74) is 3.34. The van der Waals surface area contributed by atoms with Crippen LogP contribution in [0.15, 0.2) is 30.3 Å². The van der Waals surface area contributed by atoms with E-state index in [0.29, 0.717) is 6.54 Å². The lowest BCUT2D eigenvalue weighted by atomic mass is 10.1. The van der Waals surface area contributed by atoms with Gasteiger partial charge in [-0.15, -0.1) is 0 Å². The Labute approximate surface area is 89.8 Å². The van der Waals surface area contributed by atoms with Gasteiger partial charge in [-0.1, -0.05) is 37.3 Å². The lowest BCUT2D eigenvalue weighted by Crippen LogP contribution is -2.38. The van der Waals surface area contributed by atoms with E-state index in [0.717, 1.165) is 6.54 Å². The number of nitrogens with two attached hydrogens (primary N) is 1. The highest BCUT2D eigenvalue weighted by Crippen LogP contribution is 1.98. The summed E-state index contributed by atoms with van der Waals surface area (Å²) >= 11 is 0. The predicted octanol–water partition coefficient (Wildman–Crippen LogP) is 0.402. The Kier molecular flexibility index (Phi) is 4.80. The smallest absolute Gasteiger partial charge is 0.237 e. The van der Waals surface area contributed by atoms with Crippen LogP contribution in [0.3, 0.4) is 0 Å². The summed E-state index contributed by atoms with van der Waals surface area (Å²) < 4.78 is 0. The highest BCUT2D eigenvalue weighted by molar-refractivity contribution is 5.77. The normalized spacial score (nSPS) is 12.1. The van der Waals surface area contributed by atoms with Gasteiger partial charge >= 0.3 is 0 Å². The van der Waals surface area contributed by atoms with Crippen LogP contribution in [0.1, 0.15) is 12.5 Å². The van der Waals surface area contributed by atoms with Gasteiger partial charge in [0.2, 0.25) is 5.91 Å². The molecule has 82 valence electrons. The average Bonchev–Trinajstić information content (AvgIpc) is 2.29. The first-order valence-electron chi connectivity index (χ1n) is 4.99. The first-order valence-corrected chi connectivity index (χ1v) is 4.99. The summed E-state index contributed by atoms with van der Waals surface area (Å²) in [6.45, 7) is 3.22. The lowest BCUT2D eigenvalue weighted by molar-refractivity contribution is -0.124. The molecule has 0 saturated heterocycles. The zero-order valence-corrected chi connectivity index (χ0v) is 8.86. The van der Waals surface area contributed by atoms with Crippen LogP contribution in [0, 0.1) is 5.92 Å². The standard InChI is InChI=1S/C11H17N3O/c1-9(11(15)14-12)7-13-8-10-5-3-2-4-6-10/h2-6,9,13H,7-8,12H2,1H3,(H,14,15). The molecule has 0 aliphatic rings. The molecule has 1 atom stereocenters. The van der Waals surface area contributed by atoms with E-state index in [1.165, 1.54) is 5.56 Å². The third-order valence-electron chi connectivity index (χ3n) is 2.21. The van der Waals surface area contributed by atoms with Gasteiger partial charge in [-0.2, -0.15) is 0 Å². The second-order valence-electron chi connectivity index (χ2n) is 3.53. The zero-order chi connectivity index (χ0) is 11.1. The van der Waals surface area contributed by atoms with Crippen LogP contribution >= 0.6 is 0 Å². The van der Waals surface area contributed by atoms with E-state index in [2.05, 4.69) is 10.7 Å². The first kappa shape index (κ1) is 11.7. The number of nitrogens with one attached hydrogen (secondary N) is 2. The summed E-state index contributed by atoms with van der Waals surface area (Å²) in [7, 11) is 0. The summed E-state index contributed by atoms with van der Waals surface area (Å²) in [4.78, 5) is 11.1. The fourth-order valence-electron chi connectivity index (χ4n) is 1.26. The SMILES string of the molecule is CC(CNCc1ccccc1)C(=O)NN. The Hall–Kier alpha value is -1.39. The Morgan fingerprint density at radius 1 is 1.40 bits per heavy atom. The van der Waals surface area contributed by atoms with E-state index in [1.807, 2.05) is 37.3 Å². The average molecular weight is 207 g/mol. The van der Waals surface area contributed by atoms with Gasteiger partial charge in [0.1, 0.15) is 0 Å². The molecule has 0 radical (unpaired) electrons. The molecule has 0 aliphatic carbocycles. The highest BCUT2D eigenvalue weighted by atomic mass is 16.2. The molecule has 1 rings (SSSR count). The molecule has 4 N–H and O–H groups in total. The third kappa shape index (κ3) is 4.10. The molecule has 0 fully saturated rings. The number of hydrazine groups is 1. The molecule has 4 nitrogen and oxygen atoms in total. The van der Waals surface area contributed by atoms with Gasteiger partial charge in [0.15, 0.2) is 0 Å². The zero-order valence-electron chi connectivity index (χ0n) is 8.86. The monoisotopic (exact) mass is 207 g/mol. The number of benzene rings is 1. The molecule has 0 heterocycles. The van der Waals surface area contributed by atoms with Gasteiger partial charge in [0.25, 0.3) is 0 Å². The van der Waals surface area contributed by atoms with Crippen LogP contribution in [-0.4, -0.2) is 12.5 Å². The molecule has 0 aliphatic heterocycles. The van der Waals surface area contributed by atoms with E-state index in [1.54, 1.807) is 0 Å². The van der Waals surface area contributed by atoms with E-state index in [-0.39, 0.29) is 11.8 Å². The number of hydrogen-bond donors (Lipinski definition) is 3. The summed E-state index contributed by atoms with van der Waals surface area (Å²) in [5, 5.41) is 3.20. The van der Waals surface area contributed by atoms with Crippen LogP contribution in [-0.2, 0) is 11.3 Å². The molecule has 4 heteroatoms. The van der Waals surface area contributed by atoms with Gasteiger partial charge in [0, 0.05) is 19.0 Å². The van der Waals surface area contributed by atoms with Crippen LogP contribution in [0.25, 0.3) is 0 Å². The van der Waals surface area contributed by atoms with Crippen molar-refractivity contribution in [1.82, 2.24) is 10.7 Å². The largest absolute Gasteiger partial charge is 0.312 e. The van der Waals surface area contributed by atoms with Gasteiger partial charge in [0.05, 0.1) is 0 Å². The maximum Gasteiger partial charge on any atom is 0.237 e. The summed E-state index contributed by atoms with van der Waals surface area (Å²) in [5.74, 6) is 4.77. The predicted molar refractivity (Wildman–Crippen MR) is 59.6 cm³/mol. The molecule has 1 amide bonds.